The fourth-order valence-electron chi connectivity index (χ4n) is 4.26. The summed E-state index contributed by atoms with van der Waals surface area (Å²) in [5.74, 6) is 3.00. The highest BCUT2D eigenvalue weighted by molar-refractivity contribution is 9.10. The van der Waals surface area contributed by atoms with Gasteiger partial charge < -0.3 is 18.9 Å². The second-order valence-corrected chi connectivity index (χ2v) is 8.56. The predicted octanol–water partition coefficient (Wildman–Crippen LogP) is 5.72. The molecule has 0 N–H and O–H groups in total. The van der Waals surface area contributed by atoms with Crippen LogP contribution in [0.25, 0.3) is 0 Å². The van der Waals surface area contributed by atoms with E-state index in [0.29, 0.717) is 11.5 Å². The topological polar surface area (TPSA) is 52.5 Å². The molecule has 0 bridgehead atoms. The monoisotopic (exact) mass is 494 g/mol. The minimum Gasteiger partial charge on any atom is -0.497 e. The van der Waals surface area contributed by atoms with Gasteiger partial charge in [-0.1, -0.05) is 28.1 Å². The normalized spacial score (nSPS) is 18.9. The third kappa shape index (κ3) is 3.56. The molecule has 2 aliphatic heterocycles. The Labute approximate surface area is 195 Å². The third-order valence-corrected chi connectivity index (χ3v) is 6.34. The first-order valence-corrected chi connectivity index (χ1v) is 11.1. The molecule has 0 saturated carbocycles. The number of halogens is 1. The summed E-state index contributed by atoms with van der Waals surface area (Å²) in [6.45, 7) is 0. The van der Waals surface area contributed by atoms with Gasteiger partial charge in [-0.2, -0.15) is 5.10 Å². The molecule has 3 aromatic rings. The molecule has 2 atom stereocenters. The maximum atomic E-state index is 6.47. The number of benzene rings is 3. The highest BCUT2D eigenvalue weighted by atomic mass is 79.9. The number of hydrogen-bond acceptors (Lipinski definition) is 6. The van der Waals surface area contributed by atoms with Gasteiger partial charge in [-0.15, -0.1) is 0 Å². The van der Waals surface area contributed by atoms with Gasteiger partial charge in [0, 0.05) is 27.6 Å². The molecule has 3 aromatic carbocycles. The Morgan fingerprint density at radius 1 is 0.938 bits per heavy atom. The Morgan fingerprint density at radius 2 is 1.78 bits per heavy atom. The molecule has 0 saturated heterocycles. The van der Waals surface area contributed by atoms with E-state index in [1.807, 2.05) is 53.5 Å². The smallest absolute Gasteiger partial charge is 0.214 e. The van der Waals surface area contributed by atoms with Crippen LogP contribution in [-0.2, 0) is 0 Å². The number of hydrogen-bond donors (Lipinski definition) is 0. The second kappa shape index (κ2) is 8.39. The summed E-state index contributed by atoms with van der Waals surface area (Å²) < 4.78 is 23.8. The molecule has 32 heavy (non-hydrogen) atoms. The van der Waals surface area contributed by atoms with Crippen LogP contribution in [0.4, 0.5) is 0 Å². The molecule has 0 aliphatic carbocycles. The van der Waals surface area contributed by atoms with Crippen LogP contribution in [0.1, 0.15) is 35.4 Å². The van der Waals surface area contributed by atoms with Gasteiger partial charge in [-0.25, -0.2) is 5.01 Å². The molecule has 164 valence electrons. The van der Waals surface area contributed by atoms with Crippen LogP contribution in [-0.4, -0.2) is 32.0 Å². The van der Waals surface area contributed by atoms with E-state index >= 15 is 0 Å². The van der Waals surface area contributed by atoms with Gasteiger partial charge in [-0.3, -0.25) is 0 Å². The molecule has 2 aliphatic rings. The van der Waals surface area contributed by atoms with Crippen molar-refractivity contribution in [3.63, 3.8) is 0 Å². The van der Waals surface area contributed by atoms with Crippen LogP contribution in [0.2, 0.25) is 0 Å². The number of nitrogens with zero attached hydrogens (tertiary/aromatic N) is 2. The van der Waals surface area contributed by atoms with E-state index in [2.05, 4.69) is 28.1 Å². The number of ether oxygens (including phenoxy) is 4. The first kappa shape index (κ1) is 20.7. The van der Waals surface area contributed by atoms with Gasteiger partial charge in [-0.05, 0) is 48.5 Å². The molecule has 0 radical (unpaired) electrons. The van der Waals surface area contributed by atoms with Crippen molar-refractivity contribution in [1.82, 2.24) is 5.01 Å². The Balaban J connectivity index is 1.60. The molecule has 0 spiro atoms. The molecule has 0 amide bonds. The highest BCUT2D eigenvalue weighted by Gasteiger charge is 2.41. The van der Waals surface area contributed by atoms with Crippen molar-refractivity contribution in [1.29, 1.82) is 0 Å². The van der Waals surface area contributed by atoms with Crippen LogP contribution in [0.15, 0.2) is 70.2 Å². The molecule has 2 heterocycles. The number of hydrazone groups is 1. The van der Waals surface area contributed by atoms with Crippen molar-refractivity contribution in [3.05, 3.63) is 81.8 Å². The summed E-state index contributed by atoms with van der Waals surface area (Å²) >= 11 is 3.60. The van der Waals surface area contributed by atoms with Gasteiger partial charge in [0.25, 0.3) is 0 Å². The fourth-order valence-corrected chi connectivity index (χ4v) is 4.64. The Morgan fingerprint density at radius 3 is 2.56 bits per heavy atom. The summed E-state index contributed by atoms with van der Waals surface area (Å²) in [5, 5.41) is 7.07. The van der Waals surface area contributed by atoms with Crippen LogP contribution in [0, 0.1) is 0 Å². The van der Waals surface area contributed by atoms with E-state index in [-0.39, 0.29) is 6.04 Å². The first-order valence-electron chi connectivity index (χ1n) is 10.3. The van der Waals surface area contributed by atoms with Crippen LogP contribution >= 0.6 is 15.9 Å². The molecular formula is C25H23BrN2O4. The molecular weight excluding hydrogens is 472 g/mol. The van der Waals surface area contributed by atoms with Crippen molar-refractivity contribution in [2.45, 2.75) is 18.7 Å². The molecule has 5 rings (SSSR count). The Bertz CT molecular complexity index is 1200. The molecule has 0 fully saturated rings. The van der Waals surface area contributed by atoms with Gasteiger partial charge in [0.1, 0.15) is 11.5 Å². The van der Waals surface area contributed by atoms with E-state index < -0.39 is 6.23 Å². The van der Waals surface area contributed by atoms with Crippen LogP contribution in [0.3, 0.4) is 0 Å². The average Bonchev–Trinajstić information content (AvgIpc) is 3.29. The van der Waals surface area contributed by atoms with Crippen LogP contribution < -0.4 is 18.9 Å². The van der Waals surface area contributed by atoms with Gasteiger partial charge in [0.15, 0.2) is 11.5 Å². The van der Waals surface area contributed by atoms with Gasteiger partial charge in [0.2, 0.25) is 6.23 Å². The average molecular weight is 495 g/mol. The maximum Gasteiger partial charge on any atom is 0.214 e. The van der Waals surface area contributed by atoms with Crippen molar-refractivity contribution in [2.24, 2.45) is 5.10 Å². The predicted molar refractivity (Wildman–Crippen MR) is 126 cm³/mol. The summed E-state index contributed by atoms with van der Waals surface area (Å²) in [6.07, 6.45) is 0.376. The Kier molecular flexibility index (Phi) is 5.43. The summed E-state index contributed by atoms with van der Waals surface area (Å²) in [5.41, 5.74) is 4.09. The SMILES string of the molecule is COc1cccc(C2=NN3[C@H](C2)c2cc(Br)ccc2O[C@@H]3c2ccc(OC)c(OC)c2)c1. The van der Waals surface area contributed by atoms with E-state index in [0.717, 1.165) is 44.8 Å². The quantitative estimate of drug-likeness (QED) is 0.454. The van der Waals surface area contributed by atoms with E-state index in [1.165, 1.54) is 0 Å². The fraction of sp³-hybridized carbons (Fsp3) is 0.240. The molecule has 0 unspecified atom stereocenters. The maximum absolute atomic E-state index is 6.47. The van der Waals surface area contributed by atoms with Gasteiger partial charge in [0.05, 0.1) is 33.1 Å². The molecule has 6 nitrogen and oxygen atoms in total. The van der Waals surface area contributed by atoms with Crippen molar-refractivity contribution in [3.8, 4) is 23.0 Å². The van der Waals surface area contributed by atoms with Crippen molar-refractivity contribution >= 4 is 21.6 Å². The van der Waals surface area contributed by atoms with Gasteiger partial charge >= 0.3 is 0 Å². The van der Waals surface area contributed by atoms with Crippen molar-refractivity contribution in [2.75, 3.05) is 21.3 Å². The zero-order valence-corrected chi connectivity index (χ0v) is 19.6. The lowest BCUT2D eigenvalue weighted by atomic mass is 9.96. The lowest BCUT2D eigenvalue weighted by molar-refractivity contribution is -0.0192. The van der Waals surface area contributed by atoms with E-state index in [4.69, 9.17) is 24.0 Å². The summed E-state index contributed by atoms with van der Waals surface area (Å²) in [4.78, 5) is 0. The van der Waals surface area contributed by atoms with E-state index in [9.17, 15) is 0 Å². The minimum atomic E-state index is -0.392. The largest absolute Gasteiger partial charge is 0.497 e. The zero-order chi connectivity index (χ0) is 22.2. The van der Waals surface area contributed by atoms with Crippen LogP contribution in [0.5, 0.6) is 23.0 Å². The lowest BCUT2D eigenvalue weighted by Crippen LogP contribution is -2.33. The lowest BCUT2D eigenvalue weighted by Gasteiger charge is -2.38. The zero-order valence-electron chi connectivity index (χ0n) is 18.0. The minimum absolute atomic E-state index is 0.0514. The third-order valence-electron chi connectivity index (χ3n) is 5.85. The summed E-state index contributed by atoms with van der Waals surface area (Å²) in [6, 6.07) is 20.0. The number of rotatable bonds is 5. The Hall–Kier alpha value is -3.19. The highest BCUT2D eigenvalue weighted by Crippen LogP contribution is 2.49. The molecule has 0 aromatic heterocycles. The van der Waals surface area contributed by atoms with Crippen molar-refractivity contribution < 1.29 is 18.9 Å². The first-order chi connectivity index (χ1) is 15.6. The number of methoxy groups -OCH3 is 3. The summed E-state index contributed by atoms with van der Waals surface area (Å²) in [7, 11) is 4.94. The number of fused-ring (bicyclic) bond motifs is 3. The van der Waals surface area contributed by atoms with E-state index in [1.54, 1.807) is 21.3 Å². The second-order valence-electron chi connectivity index (χ2n) is 7.65. The standard InChI is InChI=1S/C25H23BrN2O4/c1-29-18-6-4-5-15(11-18)20-14-21-19-13-17(26)8-10-22(19)32-25(28(21)27-20)16-7-9-23(30-2)24(12-16)31-3/h4-13,21,25H,14H2,1-3H3/t21-,25-/m1/s1. The molecule has 7 heteroatoms.